The average Bonchev–Trinajstić information content (AvgIpc) is 2.71. The third-order valence-electron chi connectivity index (χ3n) is 3.99. The van der Waals surface area contributed by atoms with Gasteiger partial charge in [0.25, 0.3) is 0 Å². The molecule has 0 spiro atoms. The van der Waals surface area contributed by atoms with Crippen molar-refractivity contribution in [2.24, 2.45) is 5.92 Å². The van der Waals surface area contributed by atoms with E-state index in [9.17, 15) is 4.79 Å². The minimum Gasteiger partial charge on any atom is -0.310 e. The first-order valence-corrected chi connectivity index (χ1v) is 6.63. The number of fused-ring (bicyclic) bond motifs is 2. The zero-order chi connectivity index (χ0) is 11.8. The lowest BCUT2D eigenvalue weighted by Gasteiger charge is -2.29. The molecule has 3 unspecified atom stereocenters. The molecule has 2 aliphatic heterocycles. The van der Waals surface area contributed by atoms with Gasteiger partial charge in [-0.15, -0.1) is 0 Å². The van der Waals surface area contributed by atoms with E-state index in [2.05, 4.69) is 5.32 Å². The monoisotopic (exact) mass is 249 g/mol. The normalized spacial score (nSPS) is 31.8. The molecular formula is C14H16ClNO. The van der Waals surface area contributed by atoms with E-state index in [0.29, 0.717) is 17.9 Å². The number of halogens is 1. The van der Waals surface area contributed by atoms with Crippen molar-refractivity contribution in [2.75, 3.05) is 0 Å². The maximum absolute atomic E-state index is 12.1. The van der Waals surface area contributed by atoms with Crippen LogP contribution in [-0.2, 0) is 11.2 Å². The highest BCUT2D eigenvalue weighted by molar-refractivity contribution is 6.30. The van der Waals surface area contributed by atoms with Crippen LogP contribution in [0, 0.1) is 5.92 Å². The van der Waals surface area contributed by atoms with Crippen LogP contribution in [0.25, 0.3) is 0 Å². The molecular weight excluding hydrogens is 234 g/mol. The molecule has 2 nitrogen and oxygen atoms in total. The summed E-state index contributed by atoms with van der Waals surface area (Å²) in [6.45, 7) is 0. The Labute approximate surface area is 106 Å². The molecule has 0 aromatic heterocycles. The fourth-order valence-corrected chi connectivity index (χ4v) is 3.20. The topological polar surface area (TPSA) is 29.1 Å². The maximum atomic E-state index is 12.1. The van der Waals surface area contributed by atoms with Gasteiger partial charge in [-0.1, -0.05) is 23.7 Å². The Morgan fingerprint density at radius 2 is 2.00 bits per heavy atom. The van der Waals surface area contributed by atoms with Gasteiger partial charge in [-0.3, -0.25) is 4.79 Å². The summed E-state index contributed by atoms with van der Waals surface area (Å²) in [4.78, 5) is 12.1. The molecule has 1 aromatic rings. The van der Waals surface area contributed by atoms with Crippen molar-refractivity contribution in [3.05, 3.63) is 34.9 Å². The zero-order valence-electron chi connectivity index (χ0n) is 9.66. The van der Waals surface area contributed by atoms with Gasteiger partial charge in [-0.2, -0.15) is 0 Å². The molecule has 2 heterocycles. The van der Waals surface area contributed by atoms with E-state index < -0.39 is 0 Å². The molecule has 3 heteroatoms. The summed E-state index contributed by atoms with van der Waals surface area (Å²) in [6, 6.07) is 8.70. The Bertz CT molecular complexity index is 428. The third kappa shape index (κ3) is 2.24. The third-order valence-corrected chi connectivity index (χ3v) is 4.24. The number of nitrogens with one attached hydrogen (secondary N) is 1. The van der Waals surface area contributed by atoms with Crippen molar-refractivity contribution < 1.29 is 4.79 Å². The minimum absolute atomic E-state index is 0.162. The molecule has 2 saturated heterocycles. The van der Waals surface area contributed by atoms with Crippen molar-refractivity contribution >= 4 is 17.4 Å². The molecule has 0 amide bonds. The van der Waals surface area contributed by atoms with Crippen molar-refractivity contribution in [3.8, 4) is 0 Å². The van der Waals surface area contributed by atoms with Crippen molar-refractivity contribution in [1.82, 2.24) is 5.32 Å². The van der Waals surface area contributed by atoms with Crippen LogP contribution in [-0.4, -0.2) is 17.9 Å². The van der Waals surface area contributed by atoms with E-state index in [-0.39, 0.29) is 5.92 Å². The summed E-state index contributed by atoms with van der Waals surface area (Å²) >= 11 is 5.87. The van der Waals surface area contributed by atoms with E-state index >= 15 is 0 Å². The van der Waals surface area contributed by atoms with Gasteiger partial charge >= 0.3 is 0 Å². The highest BCUT2D eigenvalue weighted by Gasteiger charge is 2.40. The highest BCUT2D eigenvalue weighted by atomic mass is 35.5. The summed E-state index contributed by atoms with van der Waals surface area (Å²) in [6.07, 6.45) is 3.87. The summed E-state index contributed by atoms with van der Waals surface area (Å²) in [5, 5.41) is 4.31. The average molecular weight is 250 g/mol. The quantitative estimate of drug-likeness (QED) is 0.873. The summed E-state index contributed by atoms with van der Waals surface area (Å²) < 4.78 is 0. The first-order chi connectivity index (χ1) is 8.22. The molecule has 1 aromatic carbocycles. The standard InChI is InChI=1S/C14H16ClNO/c15-10-3-1-9(2-4-10)7-12-13-6-5-11(16-13)8-14(12)17/h1-4,11-13,16H,5-8H2. The number of ketones is 1. The lowest BCUT2D eigenvalue weighted by molar-refractivity contribution is -0.125. The maximum Gasteiger partial charge on any atom is 0.139 e. The predicted octanol–water partition coefficient (Wildman–Crippen LogP) is 2.59. The molecule has 3 rings (SSSR count). The van der Waals surface area contributed by atoms with E-state index in [4.69, 9.17) is 11.6 Å². The SMILES string of the molecule is O=C1CC2CCC(N2)C1Cc1ccc(Cl)cc1. The number of rotatable bonds is 2. The van der Waals surface area contributed by atoms with Crippen molar-refractivity contribution in [3.63, 3.8) is 0 Å². The molecule has 0 saturated carbocycles. The van der Waals surface area contributed by atoms with Crippen molar-refractivity contribution in [2.45, 2.75) is 37.8 Å². The molecule has 0 aliphatic carbocycles. The fourth-order valence-electron chi connectivity index (χ4n) is 3.08. The molecule has 3 atom stereocenters. The molecule has 1 N–H and O–H groups in total. The molecule has 17 heavy (non-hydrogen) atoms. The number of carbonyl (C=O) groups is 1. The van der Waals surface area contributed by atoms with Gasteiger partial charge in [-0.25, -0.2) is 0 Å². The Kier molecular flexibility index (Phi) is 2.93. The number of hydrogen-bond donors (Lipinski definition) is 1. The van der Waals surface area contributed by atoms with Crippen LogP contribution in [0.15, 0.2) is 24.3 Å². The van der Waals surface area contributed by atoms with Gasteiger partial charge in [0.1, 0.15) is 5.78 Å². The second kappa shape index (κ2) is 4.43. The van der Waals surface area contributed by atoms with Crippen molar-refractivity contribution in [1.29, 1.82) is 0 Å². The number of hydrogen-bond acceptors (Lipinski definition) is 2. The van der Waals surface area contributed by atoms with Crippen LogP contribution in [0.4, 0.5) is 0 Å². The van der Waals surface area contributed by atoms with Gasteiger partial charge in [0, 0.05) is 29.4 Å². The first kappa shape index (κ1) is 11.2. The summed E-state index contributed by atoms with van der Waals surface area (Å²) in [5.41, 5.74) is 1.21. The Hall–Kier alpha value is -0.860. The number of carbonyl (C=O) groups excluding carboxylic acids is 1. The van der Waals surface area contributed by atoms with Crippen LogP contribution in [0.3, 0.4) is 0 Å². The minimum atomic E-state index is 0.162. The smallest absolute Gasteiger partial charge is 0.139 e. The predicted molar refractivity (Wildman–Crippen MR) is 68.2 cm³/mol. The number of piperidine rings is 1. The van der Waals surface area contributed by atoms with Gasteiger partial charge in [-0.05, 0) is 37.0 Å². The Morgan fingerprint density at radius 1 is 1.24 bits per heavy atom. The van der Waals surface area contributed by atoms with Crippen LogP contribution in [0.1, 0.15) is 24.8 Å². The second-order valence-electron chi connectivity index (χ2n) is 5.15. The molecule has 2 fully saturated rings. The highest BCUT2D eigenvalue weighted by Crippen LogP contribution is 2.31. The van der Waals surface area contributed by atoms with Crippen LogP contribution >= 0.6 is 11.6 Å². The van der Waals surface area contributed by atoms with Crippen LogP contribution < -0.4 is 5.32 Å². The number of Topliss-reactive ketones (excluding diaryl/α,β-unsaturated/α-hetero) is 1. The number of benzene rings is 1. The molecule has 2 bridgehead atoms. The van der Waals surface area contributed by atoms with Gasteiger partial charge < -0.3 is 5.32 Å². The molecule has 2 aliphatic rings. The van der Waals surface area contributed by atoms with Gasteiger partial charge in [0.15, 0.2) is 0 Å². The van der Waals surface area contributed by atoms with Crippen LogP contribution in [0.5, 0.6) is 0 Å². The van der Waals surface area contributed by atoms with E-state index in [0.717, 1.165) is 30.7 Å². The first-order valence-electron chi connectivity index (χ1n) is 6.25. The fraction of sp³-hybridized carbons (Fsp3) is 0.500. The second-order valence-corrected chi connectivity index (χ2v) is 5.59. The Morgan fingerprint density at radius 3 is 2.76 bits per heavy atom. The lowest BCUT2D eigenvalue weighted by atomic mass is 9.85. The van der Waals surface area contributed by atoms with Crippen LogP contribution in [0.2, 0.25) is 5.02 Å². The molecule has 90 valence electrons. The summed E-state index contributed by atoms with van der Waals surface area (Å²) in [5.74, 6) is 0.598. The zero-order valence-corrected chi connectivity index (χ0v) is 10.4. The van der Waals surface area contributed by atoms with E-state index in [1.54, 1.807) is 0 Å². The molecule has 0 radical (unpaired) electrons. The van der Waals surface area contributed by atoms with E-state index in [1.807, 2.05) is 24.3 Å². The summed E-state index contributed by atoms with van der Waals surface area (Å²) in [7, 11) is 0. The largest absolute Gasteiger partial charge is 0.310 e. The lowest BCUT2D eigenvalue weighted by Crippen LogP contribution is -2.46. The van der Waals surface area contributed by atoms with E-state index in [1.165, 1.54) is 5.56 Å². The van der Waals surface area contributed by atoms with Gasteiger partial charge in [0.2, 0.25) is 0 Å². The van der Waals surface area contributed by atoms with Gasteiger partial charge in [0.05, 0.1) is 0 Å². The Balaban J connectivity index is 1.75.